The van der Waals surface area contributed by atoms with Gasteiger partial charge in [-0.05, 0) is 63.8 Å². The predicted molar refractivity (Wildman–Crippen MR) is 93.9 cm³/mol. The smallest absolute Gasteiger partial charge is 0.410 e. The first-order valence-corrected chi connectivity index (χ1v) is 8.59. The first kappa shape index (κ1) is 18.1. The Labute approximate surface area is 144 Å². The molecule has 5 heteroatoms. The summed E-state index contributed by atoms with van der Waals surface area (Å²) in [6.07, 6.45) is 1.86. The number of hydrogen-bond donors (Lipinski definition) is 1. The molecule has 0 aromatic heterocycles. The van der Waals surface area contributed by atoms with Crippen molar-refractivity contribution in [2.24, 2.45) is 0 Å². The maximum absolute atomic E-state index is 12.2. The van der Waals surface area contributed by atoms with E-state index in [0.717, 1.165) is 31.0 Å². The number of nitrogens with zero attached hydrogens (tertiary/aromatic N) is 1. The van der Waals surface area contributed by atoms with Crippen LogP contribution in [-0.4, -0.2) is 35.7 Å². The van der Waals surface area contributed by atoms with Gasteiger partial charge in [-0.3, -0.25) is 0 Å². The summed E-state index contributed by atoms with van der Waals surface area (Å²) in [6.45, 7) is 10.0. The lowest BCUT2D eigenvalue weighted by Gasteiger charge is -2.34. The first-order valence-electron chi connectivity index (χ1n) is 8.21. The number of ether oxygens (including phenoxy) is 1. The molecule has 4 nitrogen and oxygen atoms in total. The number of hydrogen-bond acceptors (Lipinski definition) is 3. The first-order chi connectivity index (χ1) is 10.7. The summed E-state index contributed by atoms with van der Waals surface area (Å²) in [5, 5.41) is 4.32. The number of likely N-dealkylation sites (tertiary alicyclic amines) is 1. The van der Waals surface area contributed by atoms with Gasteiger partial charge in [-0.1, -0.05) is 17.7 Å². The van der Waals surface area contributed by atoms with Crippen molar-refractivity contribution in [3.63, 3.8) is 0 Å². The third-order valence-electron chi connectivity index (χ3n) is 3.96. The largest absolute Gasteiger partial charge is 0.444 e. The number of nitrogens with one attached hydrogen (secondary N) is 1. The lowest BCUT2D eigenvalue weighted by Crippen LogP contribution is -2.49. The highest BCUT2D eigenvalue weighted by atomic mass is 35.5. The Bertz CT molecular complexity index is 554. The molecule has 1 saturated heterocycles. The van der Waals surface area contributed by atoms with Gasteiger partial charge in [-0.25, -0.2) is 4.79 Å². The van der Waals surface area contributed by atoms with Gasteiger partial charge in [0.2, 0.25) is 0 Å². The van der Waals surface area contributed by atoms with Crippen molar-refractivity contribution >= 4 is 17.7 Å². The van der Waals surface area contributed by atoms with Crippen molar-refractivity contribution in [3.8, 4) is 0 Å². The van der Waals surface area contributed by atoms with Gasteiger partial charge in [-0.15, -0.1) is 0 Å². The highest BCUT2D eigenvalue weighted by molar-refractivity contribution is 6.30. The van der Waals surface area contributed by atoms with Crippen molar-refractivity contribution in [2.75, 3.05) is 13.1 Å². The molecule has 1 aliphatic heterocycles. The Kier molecular flexibility index (Phi) is 5.93. The van der Waals surface area contributed by atoms with Crippen LogP contribution in [0, 0.1) is 6.92 Å². The standard InChI is InChI=1S/C18H27ClN2O2/c1-13-10-15(19)8-7-14(13)11-20-16-6-5-9-21(12-16)17(22)23-18(2,3)4/h7-8,10,16,20H,5-6,9,11-12H2,1-4H3. The van der Waals surface area contributed by atoms with Gasteiger partial charge in [0.1, 0.15) is 5.60 Å². The molecule has 0 spiro atoms. The molecular weight excluding hydrogens is 312 g/mol. The monoisotopic (exact) mass is 338 g/mol. The topological polar surface area (TPSA) is 41.6 Å². The second kappa shape index (κ2) is 7.54. The molecular formula is C18H27ClN2O2. The Morgan fingerprint density at radius 2 is 2.17 bits per heavy atom. The molecule has 1 amide bonds. The van der Waals surface area contributed by atoms with Crippen LogP contribution in [0.25, 0.3) is 0 Å². The lowest BCUT2D eigenvalue weighted by molar-refractivity contribution is 0.0187. The molecule has 1 aromatic rings. The third kappa shape index (κ3) is 5.70. The zero-order valence-corrected chi connectivity index (χ0v) is 15.2. The molecule has 0 bridgehead atoms. The maximum atomic E-state index is 12.2. The molecule has 1 aromatic carbocycles. The summed E-state index contributed by atoms with van der Waals surface area (Å²) in [5.74, 6) is 0. The van der Waals surface area contributed by atoms with E-state index in [1.807, 2.05) is 32.9 Å². The number of aryl methyl sites for hydroxylation is 1. The molecule has 128 valence electrons. The van der Waals surface area contributed by atoms with Crippen molar-refractivity contribution < 1.29 is 9.53 Å². The average molecular weight is 339 g/mol. The second-order valence-electron chi connectivity index (χ2n) is 7.22. The van der Waals surface area contributed by atoms with Gasteiger partial charge in [-0.2, -0.15) is 0 Å². The molecule has 1 N–H and O–H groups in total. The highest BCUT2D eigenvalue weighted by Crippen LogP contribution is 2.18. The Morgan fingerprint density at radius 3 is 2.83 bits per heavy atom. The van der Waals surface area contributed by atoms with E-state index in [0.29, 0.717) is 12.6 Å². The van der Waals surface area contributed by atoms with Crippen molar-refractivity contribution in [3.05, 3.63) is 34.3 Å². The zero-order chi connectivity index (χ0) is 17.0. The molecule has 0 aliphatic carbocycles. The van der Waals surface area contributed by atoms with Crippen molar-refractivity contribution in [2.45, 2.75) is 58.7 Å². The van der Waals surface area contributed by atoms with Crippen LogP contribution in [0.2, 0.25) is 5.02 Å². The zero-order valence-electron chi connectivity index (χ0n) is 14.5. The van der Waals surface area contributed by atoms with E-state index in [1.54, 1.807) is 4.90 Å². The molecule has 1 heterocycles. The van der Waals surface area contributed by atoms with Crippen LogP contribution < -0.4 is 5.32 Å². The number of piperidine rings is 1. The molecule has 0 radical (unpaired) electrons. The fourth-order valence-electron chi connectivity index (χ4n) is 2.75. The van der Waals surface area contributed by atoms with E-state index in [1.165, 1.54) is 11.1 Å². The third-order valence-corrected chi connectivity index (χ3v) is 4.19. The Morgan fingerprint density at radius 1 is 1.43 bits per heavy atom. The maximum Gasteiger partial charge on any atom is 0.410 e. The van der Waals surface area contributed by atoms with Crippen LogP contribution in [0.15, 0.2) is 18.2 Å². The van der Waals surface area contributed by atoms with E-state index in [9.17, 15) is 4.79 Å². The predicted octanol–water partition coefficient (Wildman–Crippen LogP) is 4.14. The van der Waals surface area contributed by atoms with Crippen LogP contribution in [0.3, 0.4) is 0 Å². The van der Waals surface area contributed by atoms with Gasteiger partial charge < -0.3 is 15.0 Å². The fraction of sp³-hybridized carbons (Fsp3) is 0.611. The number of carbonyl (C=O) groups is 1. The van der Waals surface area contributed by atoms with Crippen LogP contribution in [0.4, 0.5) is 4.79 Å². The molecule has 1 fully saturated rings. The second-order valence-corrected chi connectivity index (χ2v) is 7.65. The number of halogens is 1. The normalized spacial score (nSPS) is 18.8. The van der Waals surface area contributed by atoms with E-state index < -0.39 is 5.60 Å². The minimum atomic E-state index is -0.447. The van der Waals surface area contributed by atoms with E-state index >= 15 is 0 Å². The highest BCUT2D eigenvalue weighted by Gasteiger charge is 2.27. The number of carbonyl (C=O) groups excluding carboxylic acids is 1. The van der Waals surface area contributed by atoms with Crippen molar-refractivity contribution in [1.29, 1.82) is 0 Å². The fourth-order valence-corrected chi connectivity index (χ4v) is 2.97. The number of benzene rings is 1. The quantitative estimate of drug-likeness (QED) is 0.900. The van der Waals surface area contributed by atoms with Gasteiger partial charge in [0.25, 0.3) is 0 Å². The minimum absolute atomic E-state index is 0.216. The van der Waals surface area contributed by atoms with E-state index in [2.05, 4.69) is 18.3 Å². The lowest BCUT2D eigenvalue weighted by atomic mass is 10.0. The minimum Gasteiger partial charge on any atom is -0.444 e. The van der Waals surface area contributed by atoms with Gasteiger partial charge in [0, 0.05) is 30.7 Å². The summed E-state index contributed by atoms with van der Waals surface area (Å²) in [6, 6.07) is 6.25. The van der Waals surface area contributed by atoms with Crippen LogP contribution in [0.5, 0.6) is 0 Å². The summed E-state index contributed by atoms with van der Waals surface area (Å²) in [5.41, 5.74) is 1.98. The van der Waals surface area contributed by atoms with Gasteiger partial charge >= 0.3 is 6.09 Å². The number of amides is 1. The summed E-state index contributed by atoms with van der Waals surface area (Å²) < 4.78 is 5.47. The summed E-state index contributed by atoms with van der Waals surface area (Å²) in [7, 11) is 0. The van der Waals surface area contributed by atoms with Gasteiger partial charge in [0.15, 0.2) is 0 Å². The molecule has 0 saturated carbocycles. The molecule has 2 rings (SSSR count). The van der Waals surface area contributed by atoms with E-state index in [-0.39, 0.29) is 6.09 Å². The SMILES string of the molecule is Cc1cc(Cl)ccc1CNC1CCCN(C(=O)OC(C)(C)C)C1. The Balaban J connectivity index is 1.87. The molecule has 1 aliphatic rings. The summed E-state index contributed by atoms with van der Waals surface area (Å²) >= 11 is 5.99. The average Bonchev–Trinajstić information content (AvgIpc) is 2.45. The van der Waals surface area contributed by atoms with Gasteiger partial charge in [0.05, 0.1) is 0 Å². The summed E-state index contributed by atoms with van der Waals surface area (Å²) in [4.78, 5) is 14.0. The van der Waals surface area contributed by atoms with Crippen LogP contribution in [-0.2, 0) is 11.3 Å². The molecule has 1 unspecified atom stereocenters. The Hall–Kier alpha value is -1.26. The number of rotatable bonds is 3. The molecule has 1 atom stereocenters. The van der Waals surface area contributed by atoms with E-state index in [4.69, 9.17) is 16.3 Å². The van der Waals surface area contributed by atoms with Crippen LogP contribution >= 0.6 is 11.6 Å². The van der Waals surface area contributed by atoms with Crippen LogP contribution in [0.1, 0.15) is 44.7 Å². The van der Waals surface area contributed by atoms with Crippen molar-refractivity contribution in [1.82, 2.24) is 10.2 Å². The molecule has 23 heavy (non-hydrogen) atoms.